The van der Waals surface area contributed by atoms with E-state index in [9.17, 15) is 9.90 Å². The molecule has 1 N–H and O–H groups in total. The summed E-state index contributed by atoms with van der Waals surface area (Å²) in [5.74, 6) is 0.393. The zero-order valence-electron chi connectivity index (χ0n) is 7.65. The van der Waals surface area contributed by atoms with Gasteiger partial charge < -0.3 is 14.6 Å². The molecule has 0 fully saturated rings. The van der Waals surface area contributed by atoms with Crippen LogP contribution < -0.4 is 4.74 Å². The maximum Gasteiger partial charge on any atom is 0.127 e. The van der Waals surface area contributed by atoms with Crippen molar-refractivity contribution < 1.29 is 14.6 Å². The number of carbonyl (C=O) groups is 1. The lowest BCUT2D eigenvalue weighted by molar-refractivity contribution is -0.108. The van der Waals surface area contributed by atoms with Crippen LogP contribution in [0, 0.1) is 0 Å². The van der Waals surface area contributed by atoms with Crippen molar-refractivity contribution in [2.75, 3.05) is 7.11 Å². The van der Waals surface area contributed by atoms with Crippen LogP contribution in [-0.2, 0) is 4.79 Å². The predicted molar refractivity (Wildman–Crippen MR) is 49.1 cm³/mol. The second kappa shape index (κ2) is 3.94. The zero-order chi connectivity index (χ0) is 9.84. The summed E-state index contributed by atoms with van der Waals surface area (Å²) in [5, 5.41) is 9.49. The minimum Gasteiger partial charge on any atom is -0.508 e. The number of rotatable bonds is 3. The number of benzene rings is 1. The predicted octanol–water partition coefficient (Wildman–Crippen LogP) is 1.70. The van der Waals surface area contributed by atoms with Crippen LogP contribution >= 0.6 is 0 Å². The van der Waals surface area contributed by atoms with E-state index in [0.717, 1.165) is 6.29 Å². The maximum atomic E-state index is 10.5. The summed E-state index contributed by atoms with van der Waals surface area (Å²) in [4.78, 5) is 10.5. The number of methoxy groups -OCH3 is 1. The van der Waals surface area contributed by atoms with E-state index in [1.807, 2.05) is 0 Å². The van der Waals surface area contributed by atoms with E-state index < -0.39 is 0 Å². The van der Waals surface area contributed by atoms with Gasteiger partial charge in [-0.25, -0.2) is 0 Å². The second-order valence-corrected chi connectivity index (χ2v) is 2.85. The number of phenolic OH excluding ortho intramolecular Hbond substituents is 1. The molecule has 0 saturated heterocycles. The van der Waals surface area contributed by atoms with Gasteiger partial charge in [0.1, 0.15) is 17.8 Å². The van der Waals surface area contributed by atoms with Crippen LogP contribution in [0.25, 0.3) is 0 Å². The molecule has 0 radical (unpaired) electrons. The first-order chi connectivity index (χ1) is 6.19. The lowest BCUT2D eigenvalue weighted by atomic mass is 10.0. The van der Waals surface area contributed by atoms with Gasteiger partial charge in [-0.2, -0.15) is 0 Å². The van der Waals surface area contributed by atoms with E-state index in [1.54, 1.807) is 19.1 Å². The molecule has 1 unspecified atom stereocenters. The zero-order valence-corrected chi connectivity index (χ0v) is 7.65. The highest BCUT2D eigenvalue weighted by Crippen LogP contribution is 2.28. The lowest BCUT2D eigenvalue weighted by Gasteiger charge is -2.08. The fourth-order valence-corrected chi connectivity index (χ4v) is 1.11. The number of aromatic hydroxyl groups is 1. The van der Waals surface area contributed by atoms with Crippen molar-refractivity contribution in [1.82, 2.24) is 0 Å². The number of ether oxygens (including phenoxy) is 1. The Morgan fingerprint density at radius 3 is 2.69 bits per heavy atom. The molecular formula is C10H12O3. The Morgan fingerprint density at radius 2 is 2.23 bits per heavy atom. The summed E-state index contributed by atoms with van der Waals surface area (Å²) < 4.78 is 4.92. The number of hydrogen-bond acceptors (Lipinski definition) is 3. The molecule has 1 aromatic carbocycles. The summed E-state index contributed by atoms with van der Waals surface area (Å²) in [6.45, 7) is 1.73. The minimum absolute atomic E-state index is 0.0963. The van der Waals surface area contributed by atoms with E-state index >= 15 is 0 Å². The van der Waals surface area contributed by atoms with Crippen LogP contribution in [0.4, 0.5) is 0 Å². The van der Waals surface area contributed by atoms with Crippen molar-refractivity contribution in [3.8, 4) is 11.5 Å². The molecule has 0 amide bonds. The van der Waals surface area contributed by atoms with Gasteiger partial charge in [0, 0.05) is 17.5 Å². The second-order valence-electron chi connectivity index (χ2n) is 2.85. The summed E-state index contributed by atoms with van der Waals surface area (Å²) in [6.07, 6.45) is 0.793. The normalized spacial score (nSPS) is 12.2. The lowest BCUT2D eigenvalue weighted by Crippen LogP contribution is -1.95. The Bertz CT molecular complexity index is 307. The molecule has 70 valence electrons. The molecule has 3 heteroatoms. The molecule has 1 aromatic rings. The summed E-state index contributed by atoms with van der Waals surface area (Å²) in [5.41, 5.74) is 0.621. The fourth-order valence-electron chi connectivity index (χ4n) is 1.11. The standard InChI is InChI=1S/C10H12O3/c1-7(6-11)9-4-3-8(13-2)5-10(9)12/h3-7,12H,1-2H3. The summed E-state index contributed by atoms with van der Waals surface area (Å²) >= 11 is 0. The summed E-state index contributed by atoms with van der Waals surface area (Å²) in [7, 11) is 1.53. The molecule has 1 rings (SSSR count). The first-order valence-electron chi connectivity index (χ1n) is 4.01. The molecule has 0 aromatic heterocycles. The van der Waals surface area contributed by atoms with Crippen LogP contribution in [-0.4, -0.2) is 18.5 Å². The van der Waals surface area contributed by atoms with Crippen molar-refractivity contribution in [2.45, 2.75) is 12.8 Å². The third-order valence-corrected chi connectivity index (χ3v) is 1.93. The smallest absolute Gasteiger partial charge is 0.127 e. The quantitative estimate of drug-likeness (QED) is 0.720. The van der Waals surface area contributed by atoms with Crippen LogP contribution in [0.3, 0.4) is 0 Å². The van der Waals surface area contributed by atoms with Crippen molar-refractivity contribution in [3.63, 3.8) is 0 Å². The van der Waals surface area contributed by atoms with E-state index in [4.69, 9.17) is 4.74 Å². The van der Waals surface area contributed by atoms with Gasteiger partial charge in [-0.3, -0.25) is 0 Å². The van der Waals surface area contributed by atoms with Gasteiger partial charge in [-0.05, 0) is 6.07 Å². The molecule has 0 aliphatic carbocycles. The molecular weight excluding hydrogens is 168 g/mol. The number of carbonyl (C=O) groups excluding carboxylic acids is 1. The van der Waals surface area contributed by atoms with Crippen LogP contribution in [0.2, 0.25) is 0 Å². The number of aldehydes is 1. The van der Waals surface area contributed by atoms with Gasteiger partial charge >= 0.3 is 0 Å². The molecule has 0 bridgehead atoms. The molecule has 0 saturated carbocycles. The van der Waals surface area contributed by atoms with Crippen molar-refractivity contribution in [2.24, 2.45) is 0 Å². The average Bonchev–Trinajstić information content (AvgIpc) is 2.16. The number of phenols is 1. The van der Waals surface area contributed by atoms with Gasteiger partial charge in [-0.15, -0.1) is 0 Å². The first kappa shape index (κ1) is 9.58. The Kier molecular flexibility index (Phi) is 2.90. The molecule has 0 spiro atoms. The van der Waals surface area contributed by atoms with Crippen LogP contribution in [0.5, 0.6) is 11.5 Å². The van der Waals surface area contributed by atoms with E-state index in [0.29, 0.717) is 11.3 Å². The van der Waals surface area contributed by atoms with Gasteiger partial charge in [0.15, 0.2) is 0 Å². The van der Waals surface area contributed by atoms with Crippen molar-refractivity contribution in [3.05, 3.63) is 23.8 Å². The average molecular weight is 180 g/mol. The molecule has 0 aliphatic heterocycles. The first-order valence-corrected chi connectivity index (χ1v) is 4.01. The van der Waals surface area contributed by atoms with Gasteiger partial charge in [0.05, 0.1) is 7.11 Å². The topological polar surface area (TPSA) is 46.5 Å². The number of hydrogen-bond donors (Lipinski definition) is 1. The molecule has 1 atom stereocenters. The Morgan fingerprint density at radius 1 is 1.54 bits per heavy atom. The fraction of sp³-hybridized carbons (Fsp3) is 0.300. The SMILES string of the molecule is COc1ccc(C(C)C=O)c(O)c1. The van der Waals surface area contributed by atoms with Gasteiger partial charge in [0.2, 0.25) is 0 Å². The highest BCUT2D eigenvalue weighted by Gasteiger charge is 2.09. The Labute approximate surface area is 77.0 Å². The summed E-state index contributed by atoms with van der Waals surface area (Å²) in [6, 6.07) is 4.90. The molecule has 0 heterocycles. The molecule has 0 aliphatic rings. The third-order valence-electron chi connectivity index (χ3n) is 1.93. The molecule has 13 heavy (non-hydrogen) atoms. The van der Waals surface area contributed by atoms with Crippen molar-refractivity contribution >= 4 is 6.29 Å². The third kappa shape index (κ3) is 1.99. The van der Waals surface area contributed by atoms with Gasteiger partial charge in [0.25, 0.3) is 0 Å². The Hall–Kier alpha value is -1.51. The highest BCUT2D eigenvalue weighted by atomic mass is 16.5. The van der Waals surface area contributed by atoms with Crippen molar-refractivity contribution in [1.29, 1.82) is 0 Å². The monoisotopic (exact) mass is 180 g/mol. The van der Waals surface area contributed by atoms with E-state index in [2.05, 4.69) is 0 Å². The van der Waals surface area contributed by atoms with E-state index in [1.165, 1.54) is 13.2 Å². The van der Waals surface area contributed by atoms with Crippen LogP contribution in [0.15, 0.2) is 18.2 Å². The largest absolute Gasteiger partial charge is 0.508 e. The maximum absolute atomic E-state index is 10.5. The Balaban J connectivity index is 3.04. The van der Waals surface area contributed by atoms with Crippen LogP contribution in [0.1, 0.15) is 18.4 Å². The molecule has 3 nitrogen and oxygen atoms in total. The van der Waals surface area contributed by atoms with Gasteiger partial charge in [-0.1, -0.05) is 13.0 Å². The minimum atomic E-state index is -0.286. The highest BCUT2D eigenvalue weighted by molar-refractivity contribution is 5.64. The van der Waals surface area contributed by atoms with E-state index in [-0.39, 0.29) is 11.7 Å².